The first-order chi connectivity index (χ1) is 2.91. The summed E-state index contributed by atoms with van der Waals surface area (Å²) >= 11 is 0. The Labute approximate surface area is 38.9 Å². The highest BCUT2D eigenvalue weighted by Crippen LogP contribution is 1.74. The first kappa shape index (κ1) is 5.30. The normalized spacial score (nSPS) is 8.67. The Kier molecular flexibility index (Phi) is 3.80. The molecule has 0 aliphatic rings. The Morgan fingerprint density at radius 3 is 2.67 bits per heavy atom. The molecule has 0 saturated carbocycles. The van der Waals surface area contributed by atoms with E-state index in [0.717, 1.165) is 6.42 Å². The van der Waals surface area contributed by atoms with Crippen molar-refractivity contribution in [2.45, 2.75) is 13.3 Å². The van der Waals surface area contributed by atoms with E-state index in [2.05, 4.69) is 5.92 Å². The number of hydrogen-bond acceptors (Lipinski definition) is 0. The maximum atomic E-state index is 4.88. The summed E-state index contributed by atoms with van der Waals surface area (Å²) in [4.78, 5) is 0. The minimum absolute atomic E-state index is 1.03. The average Bonchev–Trinajstić information content (AvgIpc) is 1.61. The lowest BCUT2D eigenvalue weighted by atomic mass is 10.4. The molecule has 0 nitrogen and oxygen atoms in total. The summed E-state index contributed by atoms with van der Waals surface area (Å²) in [5, 5.41) is 0. The van der Waals surface area contributed by atoms with Crippen molar-refractivity contribution >= 4 is 0 Å². The van der Waals surface area contributed by atoms with Gasteiger partial charge >= 0.3 is 0 Å². The van der Waals surface area contributed by atoms with Crippen LogP contribution in [0.1, 0.15) is 13.3 Å². The molecule has 0 spiro atoms. The Morgan fingerprint density at radius 2 is 2.50 bits per heavy atom. The third-order valence-electron chi connectivity index (χ3n) is 0.450. The average molecular weight is 80.1 g/mol. The van der Waals surface area contributed by atoms with Gasteiger partial charge in [0.2, 0.25) is 0 Å². The van der Waals surface area contributed by atoms with Crippen LogP contribution >= 0.6 is 0 Å². The van der Waals surface area contributed by atoms with Gasteiger partial charge in [-0.2, -0.15) is 0 Å². The van der Waals surface area contributed by atoms with Gasteiger partial charge in [-0.05, 0) is 12.5 Å². The lowest BCUT2D eigenvalue weighted by Gasteiger charge is -1.65. The highest BCUT2D eigenvalue weighted by molar-refractivity contribution is 5.07. The molecule has 0 rings (SSSR count). The summed E-state index contributed by atoms with van der Waals surface area (Å²) in [5.41, 5.74) is 0. The maximum Gasteiger partial charge on any atom is -0.0162 e. The molecule has 6 heavy (non-hydrogen) atoms. The predicted octanol–water partition coefficient (Wildman–Crippen LogP) is 1.59. The van der Waals surface area contributed by atoms with Crippen LogP contribution in [0, 0.1) is 12.3 Å². The largest absolute Gasteiger partial charge is 0.115 e. The molecule has 0 aromatic carbocycles. The number of allylic oxidation sites excluding steroid dienone is 2. The molecule has 0 radical (unpaired) electrons. The fourth-order valence-corrected chi connectivity index (χ4v) is 0.186. The molecule has 0 aromatic heterocycles. The van der Waals surface area contributed by atoms with E-state index in [4.69, 9.17) is 6.42 Å². The second-order valence-electron chi connectivity index (χ2n) is 0.977. The van der Waals surface area contributed by atoms with Crippen molar-refractivity contribution in [1.29, 1.82) is 0 Å². The van der Waals surface area contributed by atoms with Crippen LogP contribution < -0.4 is 0 Å². The summed E-state index contributed by atoms with van der Waals surface area (Å²) in [5.74, 6) is 2.39. The summed E-state index contributed by atoms with van der Waals surface area (Å²) in [7, 11) is 0. The van der Waals surface area contributed by atoms with Gasteiger partial charge in [0.15, 0.2) is 0 Å². The van der Waals surface area contributed by atoms with E-state index >= 15 is 0 Å². The molecule has 0 amide bonds. The second kappa shape index (κ2) is 4.30. The summed E-state index contributed by atoms with van der Waals surface area (Å²) in [6, 6.07) is 0. The smallest absolute Gasteiger partial charge is 0.0162 e. The van der Waals surface area contributed by atoms with Gasteiger partial charge in [-0.3, -0.25) is 0 Å². The highest BCUT2D eigenvalue weighted by Gasteiger charge is 1.55. The van der Waals surface area contributed by atoms with Gasteiger partial charge in [0, 0.05) is 0 Å². The predicted molar refractivity (Wildman–Crippen MR) is 28.3 cm³/mol. The van der Waals surface area contributed by atoms with Crippen molar-refractivity contribution in [3.05, 3.63) is 12.2 Å². The van der Waals surface area contributed by atoms with Crippen LogP contribution in [0.25, 0.3) is 0 Å². The van der Waals surface area contributed by atoms with Crippen LogP contribution in [0.5, 0.6) is 0 Å². The Balaban J connectivity index is 3.02. The van der Waals surface area contributed by atoms with Crippen molar-refractivity contribution in [2.24, 2.45) is 0 Å². The molecule has 0 unspecified atom stereocenters. The monoisotopic (exact) mass is 80.1 g/mol. The lowest BCUT2D eigenvalue weighted by molar-refractivity contribution is 1.23. The fourth-order valence-electron chi connectivity index (χ4n) is 0.186. The highest BCUT2D eigenvalue weighted by atomic mass is 13.6. The van der Waals surface area contributed by atoms with Crippen molar-refractivity contribution in [3.63, 3.8) is 0 Å². The van der Waals surface area contributed by atoms with E-state index in [1.165, 1.54) is 0 Å². The molecular formula is C6H8. The molecule has 32 valence electrons. The molecule has 0 bridgehead atoms. The van der Waals surface area contributed by atoms with Crippen molar-refractivity contribution < 1.29 is 0 Å². The van der Waals surface area contributed by atoms with Gasteiger partial charge in [-0.25, -0.2) is 0 Å². The minimum Gasteiger partial charge on any atom is -0.115 e. The zero-order chi connectivity index (χ0) is 4.83. The van der Waals surface area contributed by atoms with Gasteiger partial charge in [0.1, 0.15) is 0 Å². The van der Waals surface area contributed by atoms with Gasteiger partial charge in [0.25, 0.3) is 0 Å². The van der Waals surface area contributed by atoms with Crippen LogP contribution in [0.15, 0.2) is 12.2 Å². The van der Waals surface area contributed by atoms with Crippen LogP contribution in [-0.2, 0) is 0 Å². The molecule has 0 aliphatic carbocycles. The first-order valence-corrected chi connectivity index (χ1v) is 2.03. The molecule has 0 heteroatoms. The Hall–Kier alpha value is -0.700. The topological polar surface area (TPSA) is 0 Å². The van der Waals surface area contributed by atoms with Gasteiger partial charge in [-0.1, -0.05) is 18.9 Å². The van der Waals surface area contributed by atoms with Crippen LogP contribution in [0.4, 0.5) is 0 Å². The third-order valence-corrected chi connectivity index (χ3v) is 0.450. The molecular weight excluding hydrogens is 72.1 g/mol. The van der Waals surface area contributed by atoms with E-state index in [1.54, 1.807) is 6.08 Å². The molecule has 0 heterocycles. The van der Waals surface area contributed by atoms with Gasteiger partial charge < -0.3 is 0 Å². The molecule has 0 fully saturated rings. The molecule has 0 atom stereocenters. The SMILES string of the molecule is C#CC=CCC. The van der Waals surface area contributed by atoms with Crippen LogP contribution in [0.2, 0.25) is 0 Å². The van der Waals surface area contributed by atoms with E-state index in [0.29, 0.717) is 0 Å². The van der Waals surface area contributed by atoms with Crippen molar-refractivity contribution in [1.82, 2.24) is 0 Å². The van der Waals surface area contributed by atoms with Crippen LogP contribution in [-0.4, -0.2) is 0 Å². The molecule has 0 N–H and O–H groups in total. The standard InChI is InChI=1S/C6H8/c1-3-5-6-4-2/h1,5-6H,4H2,2H3. The van der Waals surface area contributed by atoms with E-state index in [-0.39, 0.29) is 0 Å². The Bertz CT molecular complexity index is 72.5. The zero-order valence-electron chi connectivity index (χ0n) is 3.94. The Morgan fingerprint density at radius 1 is 1.83 bits per heavy atom. The van der Waals surface area contributed by atoms with E-state index in [1.807, 2.05) is 13.0 Å². The molecule has 0 aromatic rings. The van der Waals surface area contributed by atoms with E-state index < -0.39 is 0 Å². The number of terminal acetylenes is 1. The fraction of sp³-hybridized carbons (Fsp3) is 0.333. The molecule has 0 saturated heterocycles. The number of hydrogen-bond donors (Lipinski definition) is 0. The minimum atomic E-state index is 1.03. The zero-order valence-corrected chi connectivity index (χ0v) is 3.94. The van der Waals surface area contributed by atoms with Gasteiger partial charge in [0.05, 0.1) is 0 Å². The van der Waals surface area contributed by atoms with Crippen molar-refractivity contribution in [3.8, 4) is 12.3 Å². The van der Waals surface area contributed by atoms with Crippen molar-refractivity contribution in [2.75, 3.05) is 0 Å². The van der Waals surface area contributed by atoms with E-state index in [9.17, 15) is 0 Å². The summed E-state index contributed by atoms with van der Waals surface area (Å²) in [6.07, 6.45) is 9.56. The number of rotatable bonds is 1. The molecule has 0 aliphatic heterocycles. The lowest BCUT2D eigenvalue weighted by Crippen LogP contribution is -1.47. The maximum absolute atomic E-state index is 4.88. The second-order valence-corrected chi connectivity index (χ2v) is 0.977. The van der Waals surface area contributed by atoms with Gasteiger partial charge in [-0.15, -0.1) is 6.42 Å². The quantitative estimate of drug-likeness (QED) is 0.419. The van der Waals surface area contributed by atoms with Crippen LogP contribution in [0.3, 0.4) is 0 Å². The summed E-state index contributed by atoms with van der Waals surface area (Å²) < 4.78 is 0. The summed E-state index contributed by atoms with van der Waals surface area (Å²) in [6.45, 7) is 2.05. The third kappa shape index (κ3) is 3.30. The first-order valence-electron chi connectivity index (χ1n) is 2.03.